The summed E-state index contributed by atoms with van der Waals surface area (Å²) in [6.07, 6.45) is -0.181. The molecule has 0 aromatic carbocycles. The number of hydrogen-bond acceptors (Lipinski definition) is 9. The van der Waals surface area contributed by atoms with Gasteiger partial charge in [0.25, 0.3) is 0 Å². The van der Waals surface area contributed by atoms with Gasteiger partial charge in [-0.15, -0.1) is 0 Å². The van der Waals surface area contributed by atoms with Gasteiger partial charge in [0.15, 0.2) is 6.29 Å². The number of aliphatic hydroxyl groups is 7. The van der Waals surface area contributed by atoms with E-state index in [1.807, 2.05) is 0 Å². The van der Waals surface area contributed by atoms with Crippen LogP contribution in [0.25, 0.3) is 0 Å². The minimum atomic E-state index is -1.49. The van der Waals surface area contributed by atoms with E-state index in [9.17, 15) is 35.7 Å². The fourth-order valence-corrected chi connectivity index (χ4v) is 12.8. The molecule has 6 rings (SSSR count). The average Bonchev–Trinajstić information content (AvgIpc) is 3.30. The number of ether oxygens (including phenoxy) is 2. The Labute approximate surface area is 269 Å². The Hall–Kier alpha value is -0.620. The van der Waals surface area contributed by atoms with E-state index >= 15 is 0 Å². The zero-order valence-electron chi connectivity index (χ0n) is 28.4. The smallest absolute Gasteiger partial charge is 0.186 e. The van der Waals surface area contributed by atoms with Crippen molar-refractivity contribution >= 4 is 0 Å². The molecule has 1 aliphatic heterocycles. The van der Waals surface area contributed by atoms with Crippen LogP contribution in [0.5, 0.6) is 0 Å². The molecular weight excluding hydrogens is 576 g/mol. The van der Waals surface area contributed by atoms with Crippen molar-refractivity contribution in [2.75, 3.05) is 13.2 Å². The van der Waals surface area contributed by atoms with Gasteiger partial charge in [-0.3, -0.25) is 0 Å². The molecule has 0 radical (unpaired) electrons. The molecule has 0 bridgehead atoms. The highest BCUT2D eigenvalue weighted by Crippen LogP contribution is 2.76. The van der Waals surface area contributed by atoms with Gasteiger partial charge in [-0.1, -0.05) is 60.1 Å². The van der Waals surface area contributed by atoms with Crippen LogP contribution in [0, 0.1) is 56.7 Å². The molecule has 0 aromatic heterocycles. The zero-order chi connectivity index (χ0) is 33.1. The quantitative estimate of drug-likeness (QED) is 0.178. The number of hydrogen-bond donors (Lipinski definition) is 7. The van der Waals surface area contributed by atoms with E-state index in [0.29, 0.717) is 18.8 Å². The van der Waals surface area contributed by atoms with Crippen molar-refractivity contribution in [2.45, 2.75) is 142 Å². The summed E-state index contributed by atoms with van der Waals surface area (Å²) >= 11 is 0. The van der Waals surface area contributed by atoms with Crippen molar-refractivity contribution in [3.05, 3.63) is 11.6 Å². The molecule has 1 saturated heterocycles. The van der Waals surface area contributed by atoms with Gasteiger partial charge in [0.05, 0.1) is 24.9 Å². The highest BCUT2D eigenvalue weighted by Gasteiger charge is 2.72. The molecule has 6 aliphatic rings. The molecule has 1 heterocycles. The van der Waals surface area contributed by atoms with E-state index < -0.39 is 54.9 Å². The molecule has 5 fully saturated rings. The molecule has 258 valence electrons. The van der Waals surface area contributed by atoms with Crippen molar-refractivity contribution in [3.63, 3.8) is 0 Å². The van der Waals surface area contributed by atoms with Gasteiger partial charge in [-0.25, -0.2) is 0 Å². The number of allylic oxidation sites excluding steroid dienone is 1. The number of aliphatic hydroxyl groups excluding tert-OH is 7. The SMILES string of the molecule is CC(C)[C@@H]1C[C@@H](O)[C@H]2[C@@]1(CO)CC[C@@]1(C)[C@H]3C(=CC[C@]21C)[C@@]1(C)CC[C@H](O[C@@H]2O[C@H](CO)[C@@H](O)[C@H](O)[C@H]2O)C(C)(C)C1C[C@@H]3O. The summed E-state index contributed by atoms with van der Waals surface area (Å²) < 4.78 is 12.1. The van der Waals surface area contributed by atoms with E-state index in [1.165, 1.54) is 5.57 Å². The third kappa shape index (κ3) is 4.51. The molecule has 0 amide bonds. The summed E-state index contributed by atoms with van der Waals surface area (Å²) in [5.74, 6) is 0.643. The second kappa shape index (κ2) is 11.2. The molecule has 1 unspecified atom stereocenters. The molecule has 16 atom stereocenters. The van der Waals surface area contributed by atoms with Crippen LogP contribution in [0.4, 0.5) is 0 Å². The molecule has 0 aromatic rings. The first-order valence-electron chi connectivity index (χ1n) is 17.6. The second-order valence-corrected chi connectivity index (χ2v) is 17.7. The normalized spacial score (nSPS) is 55.8. The first-order valence-corrected chi connectivity index (χ1v) is 17.6. The van der Waals surface area contributed by atoms with Crippen LogP contribution in [0.1, 0.15) is 93.4 Å². The van der Waals surface area contributed by atoms with Gasteiger partial charge < -0.3 is 45.2 Å². The van der Waals surface area contributed by atoms with Crippen molar-refractivity contribution in [3.8, 4) is 0 Å². The molecule has 9 nitrogen and oxygen atoms in total. The molecule has 7 N–H and O–H groups in total. The summed E-state index contributed by atoms with van der Waals surface area (Å²) in [7, 11) is 0. The van der Waals surface area contributed by atoms with Gasteiger partial charge in [0, 0.05) is 17.9 Å². The molecule has 45 heavy (non-hydrogen) atoms. The monoisotopic (exact) mass is 636 g/mol. The Morgan fingerprint density at radius 2 is 1.56 bits per heavy atom. The molecule has 5 aliphatic carbocycles. The summed E-state index contributed by atoms with van der Waals surface area (Å²) in [5, 5.41) is 75.9. The highest BCUT2D eigenvalue weighted by atomic mass is 16.7. The van der Waals surface area contributed by atoms with Crippen LogP contribution < -0.4 is 0 Å². The fourth-order valence-electron chi connectivity index (χ4n) is 12.8. The van der Waals surface area contributed by atoms with Crippen molar-refractivity contribution in [2.24, 2.45) is 56.7 Å². The Morgan fingerprint density at radius 1 is 0.867 bits per heavy atom. The topological polar surface area (TPSA) is 160 Å². The van der Waals surface area contributed by atoms with Crippen molar-refractivity contribution in [1.82, 2.24) is 0 Å². The first kappa shape index (κ1) is 34.3. The summed E-state index contributed by atoms with van der Waals surface area (Å²) in [4.78, 5) is 0. The van der Waals surface area contributed by atoms with Crippen LogP contribution in [-0.2, 0) is 9.47 Å². The Balaban J connectivity index is 1.31. The van der Waals surface area contributed by atoms with Gasteiger partial charge in [-0.2, -0.15) is 0 Å². The lowest BCUT2D eigenvalue weighted by molar-refractivity contribution is -0.327. The zero-order valence-corrected chi connectivity index (χ0v) is 28.4. The summed E-state index contributed by atoms with van der Waals surface area (Å²) in [6.45, 7) is 15.4. The molecule has 9 heteroatoms. The van der Waals surface area contributed by atoms with Crippen LogP contribution in [0.2, 0.25) is 0 Å². The molecule has 0 spiro atoms. The van der Waals surface area contributed by atoms with Gasteiger partial charge >= 0.3 is 0 Å². The minimum absolute atomic E-state index is 0.0317. The van der Waals surface area contributed by atoms with E-state index in [0.717, 1.165) is 32.1 Å². The highest BCUT2D eigenvalue weighted by molar-refractivity contribution is 5.35. The van der Waals surface area contributed by atoms with Crippen LogP contribution >= 0.6 is 0 Å². The molecular formula is C36H60O9. The lowest BCUT2D eigenvalue weighted by Crippen LogP contribution is -2.67. The van der Waals surface area contributed by atoms with E-state index in [4.69, 9.17) is 9.47 Å². The van der Waals surface area contributed by atoms with E-state index in [2.05, 4.69) is 54.5 Å². The Bertz CT molecular complexity index is 1160. The maximum absolute atomic E-state index is 12.2. The maximum atomic E-state index is 12.2. The van der Waals surface area contributed by atoms with E-state index in [1.54, 1.807) is 0 Å². The fraction of sp³-hybridized carbons (Fsp3) is 0.944. The largest absolute Gasteiger partial charge is 0.396 e. The first-order chi connectivity index (χ1) is 20.9. The van der Waals surface area contributed by atoms with Crippen LogP contribution in [0.3, 0.4) is 0 Å². The predicted octanol–water partition coefficient (Wildman–Crippen LogP) is 2.76. The van der Waals surface area contributed by atoms with Gasteiger partial charge in [-0.05, 0) is 90.3 Å². The van der Waals surface area contributed by atoms with E-state index in [-0.39, 0.29) is 58.0 Å². The molecule has 4 saturated carbocycles. The number of fused-ring (bicyclic) bond motifs is 7. The average molecular weight is 637 g/mol. The Morgan fingerprint density at radius 3 is 2.18 bits per heavy atom. The lowest BCUT2D eigenvalue weighted by Gasteiger charge is -2.70. The van der Waals surface area contributed by atoms with Crippen molar-refractivity contribution < 1.29 is 45.2 Å². The van der Waals surface area contributed by atoms with Gasteiger partial charge in [0.1, 0.15) is 24.4 Å². The third-order valence-electron chi connectivity index (χ3n) is 15.3. The second-order valence-electron chi connectivity index (χ2n) is 17.7. The maximum Gasteiger partial charge on any atom is 0.186 e. The third-order valence-corrected chi connectivity index (χ3v) is 15.3. The van der Waals surface area contributed by atoms with Crippen LogP contribution in [-0.4, -0.2) is 98.0 Å². The van der Waals surface area contributed by atoms with Crippen molar-refractivity contribution in [1.29, 1.82) is 0 Å². The lowest BCUT2D eigenvalue weighted by atomic mass is 9.35. The van der Waals surface area contributed by atoms with Crippen LogP contribution in [0.15, 0.2) is 11.6 Å². The standard InChI is InChI=1S/C36H60O9/c1-18(2)20-14-22(40)30-35(7)11-8-19-26(34(35,6)12-13-36(20,30)17-38)21(39)15-24-32(3,4)25(9-10-33(19,24)5)45-31-29(43)28(42)27(41)23(16-37)44-31/h8,18,20-31,37-43H,9-17H2,1-7H3/t20-,21-,22+,23+,24?,25-,26-,27+,28-,29+,30+,31-,33+,34-,35+,36+/m0/s1. The number of rotatable bonds is 5. The minimum Gasteiger partial charge on any atom is -0.396 e. The summed E-state index contributed by atoms with van der Waals surface area (Å²) in [6, 6.07) is 0. The van der Waals surface area contributed by atoms with Gasteiger partial charge in [0.2, 0.25) is 0 Å². The summed E-state index contributed by atoms with van der Waals surface area (Å²) in [5.41, 5.74) is -0.0998. The predicted molar refractivity (Wildman–Crippen MR) is 167 cm³/mol. The Kier molecular flexibility index (Phi) is 8.53.